The van der Waals surface area contributed by atoms with Gasteiger partial charge in [0.25, 0.3) is 10.2 Å². The minimum Gasteiger partial charge on any atom is -0.376 e. The van der Waals surface area contributed by atoms with Gasteiger partial charge in [0.1, 0.15) is 0 Å². The van der Waals surface area contributed by atoms with Crippen LogP contribution in [-0.2, 0) is 25.8 Å². The third-order valence-corrected chi connectivity index (χ3v) is 11.6. The molecular weight excluding hydrogens is 589 g/mol. The quantitative estimate of drug-likeness (QED) is 0.422. The molecule has 0 spiro atoms. The van der Waals surface area contributed by atoms with Gasteiger partial charge in [-0.25, -0.2) is 8.42 Å². The van der Waals surface area contributed by atoms with Crippen molar-refractivity contribution in [3.8, 4) is 0 Å². The molecule has 0 saturated carbocycles. The zero-order valence-corrected chi connectivity index (χ0v) is 25.4. The van der Waals surface area contributed by atoms with Crippen LogP contribution in [0, 0.1) is 0 Å². The zero-order chi connectivity index (χ0) is 30.3. The fourth-order valence-electron chi connectivity index (χ4n) is 4.56. The van der Waals surface area contributed by atoms with Gasteiger partial charge in [0.05, 0.1) is 10.9 Å². The molecular formula is C25H35F3N4O5S3. The van der Waals surface area contributed by atoms with Crippen molar-refractivity contribution < 1.29 is 35.1 Å². The highest BCUT2D eigenvalue weighted by Crippen LogP contribution is 2.39. The van der Waals surface area contributed by atoms with Crippen molar-refractivity contribution >= 4 is 43.0 Å². The van der Waals surface area contributed by atoms with E-state index in [1.165, 1.54) is 40.9 Å². The van der Waals surface area contributed by atoms with Gasteiger partial charge < -0.3 is 10.0 Å². The summed E-state index contributed by atoms with van der Waals surface area (Å²) in [5, 5.41) is 10.1. The summed E-state index contributed by atoms with van der Waals surface area (Å²) < 4.78 is 97.1. The Kier molecular flexibility index (Phi) is 9.61. The van der Waals surface area contributed by atoms with Crippen LogP contribution in [0.1, 0.15) is 32.8 Å². The molecule has 3 rings (SSSR count). The fourth-order valence-corrected chi connectivity index (χ4v) is 7.95. The van der Waals surface area contributed by atoms with Crippen LogP contribution in [0.4, 0.5) is 18.9 Å². The van der Waals surface area contributed by atoms with Crippen molar-refractivity contribution in [3.63, 3.8) is 0 Å². The van der Waals surface area contributed by atoms with E-state index in [2.05, 4.69) is 0 Å². The maximum Gasteiger partial charge on any atom is 0.421 e. The van der Waals surface area contributed by atoms with Crippen molar-refractivity contribution in [1.82, 2.24) is 12.9 Å². The topological polar surface area (TPSA) is 101 Å². The molecule has 1 N–H and O–H groups in total. The molecule has 1 aliphatic heterocycles. The SMILES string of the molecule is CC(C)N(C[C@H]1CN(S(=O)(=O)C2=CC=CCC2=S)CCN1c1ccc(C(C)(O)C(F)(F)F)cc1)S(=O)(=O)N(C)C. The summed E-state index contributed by atoms with van der Waals surface area (Å²) in [7, 11) is -5.08. The number of rotatable bonds is 9. The highest BCUT2D eigenvalue weighted by molar-refractivity contribution is 7.96. The van der Waals surface area contributed by atoms with Crippen LogP contribution in [0.3, 0.4) is 0 Å². The van der Waals surface area contributed by atoms with E-state index >= 15 is 0 Å². The normalized spacial score (nSPS) is 21.3. The summed E-state index contributed by atoms with van der Waals surface area (Å²) in [5.74, 6) is 0. The van der Waals surface area contributed by atoms with Gasteiger partial charge in [-0.3, -0.25) is 0 Å². The molecule has 1 aromatic carbocycles. The maximum atomic E-state index is 13.6. The highest BCUT2D eigenvalue weighted by atomic mass is 32.2. The van der Waals surface area contributed by atoms with Gasteiger partial charge in [-0.1, -0.05) is 36.5 Å². The first kappa shape index (κ1) is 32.6. The van der Waals surface area contributed by atoms with E-state index in [4.69, 9.17) is 12.2 Å². The molecule has 9 nitrogen and oxygen atoms in total. The van der Waals surface area contributed by atoms with Gasteiger partial charge in [0.15, 0.2) is 5.60 Å². The number of anilines is 1. The first-order valence-electron chi connectivity index (χ1n) is 12.6. The predicted octanol–water partition coefficient (Wildman–Crippen LogP) is 3.01. The zero-order valence-electron chi connectivity index (χ0n) is 23.0. The van der Waals surface area contributed by atoms with E-state index in [9.17, 15) is 35.1 Å². The average molecular weight is 625 g/mol. The van der Waals surface area contributed by atoms with Gasteiger partial charge in [-0.15, -0.1) is 0 Å². The van der Waals surface area contributed by atoms with Crippen molar-refractivity contribution in [3.05, 3.63) is 53.0 Å². The van der Waals surface area contributed by atoms with Crippen LogP contribution in [0.15, 0.2) is 47.4 Å². The Bertz CT molecular complexity index is 1370. The highest BCUT2D eigenvalue weighted by Gasteiger charge is 2.51. The molecule has 0 radical (unpaired) electrons. The summed E-state index contributed by atoms with van der Waals surface area (Å²) in [5.41, 5.74) is -2.96. The van der Waals surface area contributed by atoms with E-state index in [0.717, 1.165) is 16.4 Å². The van der Waals surface area contributed by atoms with E-state index < -0.39 is 44.1 Å². The maximum absolute atomic E-state index is 13.6. The van der Waals surface area contributed by atoms with Crippen LogP contribution >= 0.6 is 12.2 Å². The number of halogens is 3. The van der Waals surface area contributed by atoms with Crippen molar-refractivity contribution in [1.29, 1.82) is 0 Å². The first-order chi connectivity index (χ1) is 18.3. The molecule has 224 valence electrons. The number of piperazine rings is 1. The number of hydrogen-bond donors (Lipinski definition) is 1. The van der Waals surface area contributed by atoms with Crippen LogP contribution in [0.2, 0.25) is 0 Å². The summed E-state index contributed by atoms with van der Waals surface area (Å²) in [6, 6.07) is 3.99. The Morgan fingerprint density at radius 3 is 2.20 bits per heavy atom. The lowest BCUT2D eigenvalue weighted by Gasteiger charge is -2.44. The molecule has 0 aromatic heterocycles. The minimum atomic E-state index is -4.89. The minimum absolute atomic E-state index is 0.0255. The van der Waals surface area contributed by atoms with E-state index in [-0.39, 0.29) is 41.5 Å². The van der Waals surface area contributed by atoms with Gasteiger partial charge in [0.2, 0.25) is 10.0 Å². The largest absolute Gasteiger partial charge is 0.421 e. The first-order valence-corrected chi connectivity index (χ1v) is 15.8. The van der Waals surface area contributed by atoms with Crippen LogP contribution < -0.4 is 4.90 Å². The molecule has 2 aliphatic rings. The third kappa shape index (κ3) is 6.45. The van der Waals surface area contributed by atoms with Crippen molar-refractivity contribution in [2.24, 2.45) is 0 Å². The second-order valence-electron chi connectivity index (χ2n) is 10.4. The number of aliphatic hydroxyl groups is 1. The molecule has 0 bridgehead atoms. The Labute approximate surface area is 239 Å². The summed E-state index contributed by atoms with van der Waals surface area (Å²) >= 11 is 5.29. The summed E-state index contributed by atoms with van der Waals surface area (Å²) in [4.78, 5) is 2.09. The summed E-state index contributed by atoms with van der Waals surface area (Å²) in [6.07, 6.45) is 0.260. The Morgan fingerprint density at radius 1 is 1.10 bits per heavy atom. The Morgan fingerprint density at radius 2 is 1.70 bits per heavy atom. The number of nitrogens with zero attached hydrogens (tertiary/aromatic N) is 4. The fraction of sp³-hybridized carbons (Fsp3) is 0.560. The number of sulfonamides is 1. The molecule has 1 unspecified atom stereocenters. The molecule has 1 aromatic rings. The molecule has 1 saturated heterocycles. The number of alkyl halides is 3. The molecule has 1 aliphatic carbocycles. The van der Waals surface area contributed by atoms with E-state index in [1.807, 2.05) is 0 Å². The Balaban J connectivity index is 2.02. The predicted molar refractivity (Wildman–Crippen MR) is 153 cm³/mol. The molecule has 15 heteroatoms. The number of thiocarbonyl (C=S) groups is 1. The number of allylic oxidation sites excluding steroid dienone is 4. The monoisotopic (exact) mass is 624 g/mol. The van der Waals surface area contributed by atoms with E-state index in [1.54, 1.807) is 30.9 Å². The molecule has 1 fully saturated rings. The number of benzene rings is 1. The third-order valence-electron chi connectivity index (χ3n) is 7.06. The van der Waals surface area contributed by atoms with Crippen LogP contribution in [-0.4, -0.2) is 98.3 Å². The second kappa shape index (κ2) is 11.8. The van der Waals surface area contributed by atoms with Gasteiger partial charge in [0, 0.05) is 63.3 Å². The summed E-state index contributed by atoms with van der Waals surface area (Å²) in [6.45, 7) is 4.09. The smallest absolute Gasteiger partial charge is 0.376 e. The van der Waals surface area contributed by atoms with Crippen LogP contribution in [0.25, 0.3) is 0 Å². The molecule has 0 amide bonds. The second-order valence-corrected chi connectivity index (χ2v) is 14.9. The van der Waals surface area contributed by atoms with Gasteiger partial charge in [-0.05, 0) is 44.5 Å². The standard InChI is InChI=1S/C25H35F3N4O5S3/c1-18(2)32(40(36,37)29(4)5)17-21-16-30(39(34,35)23-9-7-6-8-22(23)38)14-15-31(21)20-12-10-19(11-13-20)24(3,33)25(26,27)28/h6-7,9-13,18,21,33H,8,14-17H2,1-5H3/t21-,24?/m1/s1. The van der Waals surface area contributed by atoms with Gasteiger partial charge in [-0.2, -0.15) is 34.5 Å². The van der Waals surface area contributed by atoms with Crippen LogP contribution in [0.5, 0.6) is 0 Å². The Hall–Kier alpha value is -1.88. The lowest BCUT2D eigenvalue weighted by molar-refractivity contribution is -0.258. The molecule has 40 heavy (non-hydrogen) atoms. The van der Waals surface area contributed by atoms with Gasteiger partial charge >= 0.3 is 6.18 Å². The lowest BCUT2D eigenvalue weighted by Crippen LogP contribution is -2.60. The average Bonchev–Trinajstić information content (AvgIpc) is 2.86. The lowest BCUT2D eigenvalue weighted by atomic mass is 9.95. The molecule has 2 atom stereocenters. The van der Waals surface area contributed by atoms with Crippen molar-refractivity contribution in [2.75, 3.05) is 45.2 Å². The van der Waals surface area contributed by atoms with Crippen molar-refractivity contribution in [2.45, 2.75) is 51.1 Å². The van der Waals surface area contributed by atoms with E-state index in [0.29, 0.717) is 19.0 Å². The number of hydrogen-bond acceptors (Lipinski definition) is 7. The molecule has 1 heterocycles.